The van der Waals surface area contributed by atoms with Crippen molar-refractivity contribution in [3.63, 3.8) is 0 Å². The first-order chi connectivity index (χ1) is 9.03. The first-order valence-electron chi connectivity index (χ1n) is 7.77. The van der Waals surface area contributed by atoms with Gasteiger partial charge in [-0.2, -0.15) is 0 Å². The quantitative estimate of drug-likeness (QED) is 0.826. The predicted octanol–water partition coefficient (Wildman–Crippen LogP) is 3.93. The molecule has 2 unspecified atom stereocenters. The van der Waals surface area contributed by atoms with Gasteiger partial charge in [-0.15, -0.1) is 0 Å². The molecule has 0 heterocycles. The fraction of sp³-hybridized carbons (Fsp3) is 0.647. The highest BCUT2D eigenvalue weighted by Crippen LogP contribution is 2.35. The number of hydrogen-bond acceptors (Lipinski definition) is 1. The van der Waals surface area contributed by atoms with E-state index in [2.05, 4.69) is 50.3 Å². The molecule has 1 aromatic carbocycles. The van der Waals surface area contributed by atoms with Crippen molar-refractivity contribution in [3.8, 4) is 0 Å². The zero-order valence-electron chi connectivity index (χ0n) is 12.6. The maximum absolute atomic E-state index is 10.8. The normalized spacial score (nSPS) is 21.1. The molecule has 1 nitrogen and oxygen atoms in total. The van der Waals surface area contributed by atoms with Crippen LogP contribution in [0.5, 0.6) is 0 Å². The van der Waals surface area contributed by atoms with E-state index in [1.807, 2.05) is 0 Å². The third-order valence-corrected chi connectivity index (χ3v) is 9.74. The molecule has 19 heavy (non-hydrogen) atoms. The summed E-state index contributed by atoms with van der Waals surface area (Å²) in [6, 6.07) is 10.8. The molecule has 2 rings (SSSR count). The van der Waals surface area contributed by atoms with Gasteiger partial charge in [0.2, 0.25) is 0 Å². The van der Waals surface area contributed by atoms with Crippen LogP contribution in [-0.4, -0.2) is 19.3 Å². The Morgan fingerprint density at radius 1 is 1.05 bits per heavy atom. The lowest BCUT2D eigenvalue weighted by Gasteiger charge is -2.38. The van der Waals surface area contributed by atoms with Crippen molar-refractivity contribution in [2.75, 3.05) is 0 Å². The Bertz CT molecular complexity index is 382. The van der Waals surface area contributed by atoms with E-state index in [4.69, 9.17) is 0 Å². The minimum Gasteiger partial charge on any atom is -0.393 e. The van der Waals surface area contributed by atoms with Crippen LogP contribution in [0.4, 0.5) is 0 Å². The average molecular weight is 276 g/mol. The summed E-state index contributed by atoms with van der Waals surface area (Å²) in [5.74, 6) is 0.541. The topological polar surface area (TPSA) is 20.2 Å². The monoisotopic (exact) mass is 276 g/mol. The SMILES string of the molecule is CC(C(O)C1CCCCC1)[Si](C)(C)c1ccccc1. The van der Waals surface area contributed by atoms with Gasteiger partial charge in [-0.3, -0.25) is 0 Å². The van der Waals surface area contributed by atoms with Gasteiger partial charge in [0.1, 0.15) is 0 Å². The van der Waals surface area contributed by atoms with Gasteiger partial charge in [-0.25, -0.2) is 0 Å². The summed E-state index contributed by atoms with van der Waals surface area (Å²) < 4.78 is 0. The number of hydrogen-bond donors (Lipinski definition) is 1. The molecular formula is C17H28OSi. The highest BCUT2D eigenvalue weighted by molar-refractivity contribution is 6.91. The zero-order chi connectivity index (χ0) is 13.9. The van der Waals surface area contributed by atoms with Crippen molar-refractivity contribution in [2.45, 2.75) is 63.8 Å². The molecule has 0 radical (unpaired) electrons. The van der Waals surface area contributed by atoms with Crippen LogP contribution >= 0.6 is 0 Å². The van der Waals surface area contributed by atoms with Crippen LogP contribution in [0.2, 0.25) is 18.6 Å². The molecule has 1 aromatic rings. The van der Waals surface area contributed by atoms with Crippen molar-refractivity contribution < 1.29 is 5.11 Å². The van der Waals surface area contributed by atoms with E-state index in [1.54, 1.807) is 0 Å². The third-order valence-electron chi connectivity index (χ3n) is 5.30. The smallest absolute Gasteiger partial charge is 0.0859 e. The molecule has 0 saturated heterocycles. The largest absolute Gasteiger partial charge is 0.393 e. The highest BCUT2D eigenvalue weighted by Gasteiger charge is 2.38. The Kier molecular flexibility index (Phi) is 4.85. The van der Waals surface area contributed by atoms with Gasteiger partial charge in [0, 0.05) is 0 Å². The van der Waals surface area contributed by atoms with E-state index < -0.39 is 8.07 Å². The lowest BCUT2D eigenvalue weighted by atomic mass is 9.84. The van der Waals surface area contributed by atoms with Crippen LogP contribution in [0, 0.1) is 5.92 Å². The number of rotatable bonds is 4. The standard InChI is InChI=1S/C17H28OSi/c1-14(17(18)15-10-6-4-7-11-15)19(2,3)16-12-8-5-9-13-16/h5,8-9,12-15,17-18H,4,6-7,10-11H2,1-3H3. The zero-order valence-corrected chi connectivity index (χ0v) is 13.6. The molecule has 2 heteroatoms. The Balaban J connectivity index is 2.10. The molecule has 106 valence electrons. The Morgan fingerprint density at radius 2 is 1.63 bits per heavy atom. The molecule has 0 aliphatic heterocycles. The molecule has 1 aliphatic rings. The van der Waals surface area contributed by atoms with E-state index in [-0.39, 0.29) is 6.10 Å². The van der Waals surface area contributed by atoms with Gasteiger partial charge >= 0.3 is 0 Å². The van der Waals surface area contributed by atoms with Crippen LogP contribution in [0.3, 0.4) is 0 Å². The maximum atomic E-state index is 10.8. The molecule has 1 N–H and O–H groups in total. The average Bonchev–Trinajstić information content (AvgIpc) is 2.47. The van der Waals surface area contributed by atoms with Gasteiger partial charge in [0.05, 0.1) is 14.2 Å². The number of aliphatic hydroxyl groups is 1. The summed E-state index contributed by atoms with van der Waals surface area (Å²) in [6.07, 6.45) is 6.32. The van der Waals surface area contributed by atoms with Crippen molar-refractivity contribution in [1.82, 2.24) is 0 Å². The first-order valence-corrected chi connectivity index (χ1v) is 10.8. The van der Waals surface area contributed by atoms with Crippen LogP contribution in [-0.2, 0) is 0 Å². The minimum absolute atomic E-state index is 0.109. The van der Waals surface area contributed by atoms with Gasteiger partial charge in [-0.05, 0) is 24.3 Å². The maximum Gasteiger partial charge on any atom is 0.0859 e. The molecule has 2 atom stereocenters. The summed E-state index contributed by atoms with van der Waals surface area (Å²) in [5.41, 5.74) is 0.429. The van der Waals surface area contributed by atoms with E-state index in [1.165, 1.54) is 37.3 Å². The molecule has 1 fully saturated rings. The van der Waals surface area contributed by atoms with E-state index in [0.29, 0.717) is 11.5 Å². The van der Waals surface area contributed by atoms with Crippen molar-refractivity contribution >= 4 is 13.3 Å². The van der Waals surface area contributed by atoms with Crippen LogP contribution in [0.1, 0.15) is 39.0 Å². The molecule has 0 aromatic heterocycles. The van der Waals surface area contributed by atoms with E-state index in [9.17, 15) is 5.11 Å². The van der Waals surface area contributed by atoms with E-state index >= 15 is 0 Å². The van der Waals surface area contributed by atoms with Crippen molar-refractivity contribution in [3.05, 3.63) is 30.3 Å². The van der Waals surface area contributed by atoms with Crippen LogP contribution in [0.15, 0.2) is 30.3 Å². The van der Waals surface area contributed by atoms with Gasteiger partial charge in [0.25, 0.3) is 0 Å². The fourth-order valence-corrected chi connectivity index (χ4v) is 6.14. The Morgan fingerprint density at radius 3 is 2.21 bits per heavy atom. The lowest BCUT2D eigenvalue weighted by Crippen LogP contribution is -2.50. The van der Waals surface area contributed by atoms with Crippen LogP contribution in [0.25, 0.3) is 0 Å². The Labute approximate surface area is 119 Å². The van der Waals surface area contributed by atoms with Crippen molar-refractivity contribution in [2.24, 2.45) is 5.92 Å². The fourth-order valence-electron chi connectivity index (χ4n) is 3.44. The number of benzene rings is 1. The molecule has 1 aliphatic carbocycles. The summed E-state index contributed by atoms with van der Waals surface area (Å²) >= 11 is 0. The van der Waals surface area contributed by atoms with Gasteiger partial charge in [0.15, 0.2) is 0 Å². The molecule has 0 spiro atoms. The van der Waals surface area contributed by atoms with Gasteiger partial charge < -0.3 is 5.11 Å². The second-order valence-corrected chi connectivity index (χ2v) is 11.7. The van der Waals surface area contributed by atoms with E-state index in [0.717, 1.165) is 0 Å². The second kappa shape index (κ2) is 6.23. The highest BCUT2D eigenvalue weighted by atomic mass is 28.3. The molecule has 1 saturated carbocycles. The van der Waals surface area contributed by atoms with Crippen LogP contribution < -0.4 is 5.19 Å². The molecular weight excluding hydrogens is 248 g/mol. The lowest BCUT2D eigenvalue weighted by molar-refractivity contribution is 0.0801. The second-order valence-electron chi connectivity index (χ2n) is 6.77. The summed E-state index contributed by atoms with van der Waals surface area (Å²) in [5, 5.41) is 12.2. The Hall–Kier alpha value is -0.603. The molecule has 0 amide bonds. The predicted molar refractivity (Wildman–Crippen MR) is 85.6 cm³/mol. The third kappa shape index (κ3) is 3.29. The van der Waals surface area contributed by atoms with Crippen molar-refractivity contribution in [1.29, 1.82) is 0 Å². The summed E-state index contributed by atoms with van der Waals surface area (Å²) in [7, 11) is -1.58. The summed E-state index contributed by atoms with van der Waals surface area (Å²) in [4.78, 5) is 0. The first kappa shape index (κ1) is 14.8. The number of aliphatic hydroxyl groups excluding tert-OH is 1. The minimum atomic E-state index is -1.58. The summed E-state index contributed by atoms with van der Waals surface area (Å²) in [6.45, 7) is 7.08. The van der Waals surface area contributed by atoms with Gasteiger partial charge in [-0.1, -0.05) is 74.8 Å². The molecule has 0 bridgehead atoms.